The van der Waals surface area contributed by atoms with Crippen LogP contribution in [0.15, 0.2) is 36.8 Å². The summed E-state index contributed by atoms with van der Waals surface area (Å²) in [5, 5.41) is 0. The number of hydrogen-bond donors (Lipinski definition) is 1. The minimum Gasteiger partial charge on any atom is -0.378 e. The van der Waals surface area contributed by atoms with E-state index in [1.807, 2.05) is 31.8 Å². The highest BCUT2D eigenvalue weighted by Gasteiger charge is 2.08. The first-order valence-corrected chi connectivity index (χ1v) is 5.65. The van der Waals surface area contributed by atoms with Crippen molar-refractivity contribution in [2.24, 2.45) is 5.73 Å². The van der Waals surface area contributed by atoms with Crippen LogP contribution in [0.5, 0.6) is 0 Å². The summed E-state index contributed by atoms with van der Waals surface area (Å²) in [5.74, 6) is 0. The number of aromatic nitrogens is 2. The molecule has 0 saturated carbocycles. The Hall–Kier alpha value is -1.81. The molecule has 0 radical (unpaired) electrons. The van der Waals surface area contributed by atoms with Gasteiger partial charge in [0.1, 0.15) is 0 Å². The Morgan fingerprint density at radius 3 is 2.41 bits per heavy atom. The molecule has 1 atom stereocenters. The Kier molecular flexibility index (Phi) is 3.15. The maximum Gasteiger partial charge on any atom is 0.0994 e. The Balaban J connectivity index is 2.37. The monoisotopic (exact) mass is 230 g/mol. The first-order valence-electron chi connectivity index (χ1n) is 5.65. The molecule has 0 aliphatic rings. The molecule has 2 aromatic rings. The summed E-state index contributed by atoms with van der Waals surface area (Å²) in [5.41, 5.74) is 9.18. The van der Waals surface area contributed by atoms with E-state index in [0.717, 1.165) is 11.4 Å². The van der Waals surface area contributed by atoms with Crippen molar-refractivity contribution in [2.45, 2.75) is 13.0 Å². The number of hydrogen-bond acceptors (Lipinski definition) is 3. The fourth-order valence-electron chi connectivity index (χ4n) is 1.77. The van der Waals surface area contributed by atoms with Crippen LogP contribution in [0.1, 0.15) is 18.7 Å². The lowest BCUT2D eigenvalue weighted by atomic mass is 10.2. The molecule has 2 rings (SSSR count). The summed E-state index contributed by atoms with van der Waals surface area (Å²) in [4.78, 5) is 6.22. The van der Waals surface area contributed by atoms with E-state index in [0.29, 0.717) is 0 Å². The number of anilines is 1. The van der Waals surface area contributed by atoms with Crippen molar-refractivity contribution < 1.29 is 0 Å². The van der Waals surface area contributed by atoms with Gasteiger partial charge in [0, 0.05) is 31.5 Å². The summed E-state index contributed by atoms with van der Waals surface area (Å²) in [6, 6.07) is 8.29. The molecule has 17 heavy (non-hydrogen) atoms. The van der Waals surface area contributed by atoms with E-state index in [1.54, 1.807) is 6.33 Å². The van der Waals surface area contributed by atoms with Crippen LogP contribution in [-0.2, 0) is 0 Å². The first-order chi connectivity index (χ1) is 8.09. The fourth-order valence-corrected chi connectivity index (χ4v) is 1.77. The quantitative estimate of drug-likeness (QED) is 0.876. The number of nitrogens with two attached hydrogens (primary N) is 1. The van der Waals surface area contributed by atoms with Crippen LogP contribution in [0.3, 0.4) is 0 Å². The van der Waals surface area contributed by atoms with Gasteiger partial charge in [0.2, 0.25) is 0 Å². The molecule has 2 N–H and O–H groups in total. The maximum atomic E-state index is 5.91. The number of rotatable bonds is 3. The summed E-state index contributed by atoms with van der Waals surface area (Å²) in [7, 11) is 4.05. The van der Waals surface area contributed by atoms with E-state index in [2.05, 4.69) is 34.1 Å². The van der Waals surface area contributed by atoms with Gasteiger partial charge in [-0.3, -0.25) is 0 Å². The molecular weight excluding hydrogens is 212 g/mol. The van der Waals surface area contributed by atoms with Crippen LogP contribution in [0.4, 0.5) is 5.69 Å². The predicted octanol–water partition coefficient (Wildman–Crippen LogP) is 1.96. The van der Waals surface area contributed by atoms with Crippen LogP contribution in [0.2, 0.25) is 0 Å². The Morgan fingerprint density at radius 1 is 1.24 bits per heavy atom. The van der Waals surface area contributed by atoms with Crippen LogP contribution < -0.4 is 10.6 Å². The SMILES string of the molecule is C[C@H](N)c1cncn1-c1ccc(N(C)C)cc1. The average molecular weight is 230 g/mol. The second kappa shape index (κ2) is 4.59. The summed E-state index contributed by atoms with van der Waals surface area (Å²) < 4.78 is 2.02. The third-order valence-electron chi connectivity index (χ3n) is 2.78. The molecule has 0 unspecified atom stereocenters. The fraction of sp³-hybridized carbons (Fsp3) is 0.308. The molecule has 1 heterocycles. The lowest BCUT2D eigenvalue weighted by Gasteiger charge is -2.14. The Labute approximate surface area is 102 Å². The van der Waals surface area contributed by atoms with E-state index in [9.17, 15) is 0 Å². The van der Waals surface area contributed by atoms with Crippen molar-refractivity contribution in [1.82, 2.24) is 9.55 Å². The zero-order valence-electron chi connectivity index (χ0n) is 10.5. The smallest absolute Gasteiger partial charge is 0.0994 e. The number of nitrogens with zero attached hydrogens (tertiary/aromatic N) is 3. The van der Waals surface area contributed by atoms with E-state index >= 15 is 0 Å². The zero-order valence-corrected chi connectivity index (χ0v) is 10.5. The first kappa shape index (κ1) is 11.7. The van der Waals surface area contributed by atoms with Gasteiger partial charge in [-0.25, -0.2) is 4.98 Å². The van der Waals surface area contributed by atoms with Crippen LogP contribution in [0.25, 0.3) is 5.69 Å². The van der Waals surface area contributed by atoms with Gasteiger partial charge in [0.25, 0.3) is 0 Å². The molecule has 0 fully saturated rings. The third-order valence-corrected chi connectivity index (χ3v) is 2.78. The van der Waals surface area contributed by atoms with Gasteiger partial charge in [-0.1, -0.05) is 0 Å². The third kappa shape index (κ3) is 2.31. The molecule has 4 heteroatoms. The average Bonchev–Trinajstić information content (AvgIpc) is 2.78. The lowest BCUT2D eigenvalue weighted by Crippen LogP contribution is -2.11. The zero-order chi connectivity index (χ0) is 12.4. The largest absolute Gasteiger partial charge is 0.378 e. The molecular formula is C13H18N4. The van der Waals surface area contributed by atoms with Gasteiger partial charge in [0.15, 0.2) is 0 Å². The number of benzene rings is 1. The Morgan fingerprint density at radius 2 is 1.88 bits per heavy atom. The highest BCUT2D eigenvalue weighted by molar-refractivity contribution is 5.50. The molecule has 0 aliphatic heterocycles. The van der Waals surface area contributed by atoms with Gasteiger partial charge in [-0.05, 0) is 31.2 Å². The summed E-state index contributed by atoms with van der Waals surface area (Å²) >= 11 is 0. The highest BCUT2D eigenvalue weighted by Crippen LogP contribution is 2.19. The highest BCUT2D eigenvalue weighted by atomic mass is 15.1. The van der Waals surface area contributed by atoms with Crippen molar-refractivity contribution in [2.75, 3.05) is 19.0 Å². The minimum absolute atomic E-state index is 0.0222. The molecule has 0 aliphatic carbocycles. The van der Waals surface area contributed by atoms with Crippen molar-refractivity contribution in [1.29, 1.82) is 0 Å². The second-order valence-electron chi connectivity index (χ2n) is 4.39. The van der Waals surface area contributed by atoms with Crippen LogP contribution in [-0.4, -0.2) is 23.6 Å². The molecule has 0 amide bonds. The number of imidazole rings is 1. The summed E-state index contributed by atoms with van der Waals surface area (Å²) in [6.07, 6.45) is 3.61. The molecule has 0 bridgehead atoms. The molecule has 0 spiro atoms. The standard InChI is InChI=1S/C13H18N4/c1-10(14)13-8-15-9-17(13)12-6-4-11(5-7-12)16(2)3/h4-10H,14H2,1-3H3/t10-/m0/s1. The molecule has 4 nitrogen and oxygen atoms in total. The van der Waals surface area contributed by atoms with E-state index in [4.69, 9.17) is 5.73 Å². The van der Waals surface area contributed by atoms with Gasteiger partial charge in [-0.15, -0.1) is 0 Å². The normalized spacial score (nSPS) is 12.5. The van der Waals surface area contributed by atoms with Crippen LogP contribution >= 0.6 is 0 Å². The minimum atomic E-state index is -0.0222. The summed E-state index contributed by atoms with van der Waals surface area (Å²) in [6.45, 7) is 1.96. The van der Waals surface area contributed by atoms with Crippen molar-refractivity contribution >= 4 is 5.69 Å². The van der Waals surface area contributed by atoms with Crippen molar-refractivity contribution in [3.63, 3.8) is 0 Å². The van der Waals surface area contributed by atoms with Crippen molar-refractivity contribution in [3.05, 3.63) is 42.5 Å². The molecule has 90 valence electrons. The molecule has 0 saturated heterocycles. The second-order valence-corrected chi connectivity index (χ2v) is 4.39. The predicted molar refractivity (Wildman–Crippen MR) is 70.5 cm³/mol. The maximum absolute atomic E-state index is 5.91. The van der Waals surface area contributed by atoms with E-state index in [1.165, 1.54) is 5.69 Å². The van der Waals surface area contributed by atoms with Crippen LogP contribution in [0, 0.1) is 0 Å². The van der Waals surface area contributed by atoms with E-state index in [-0.39, 0.29) is 6.04 Å². The molecule has 1 aromatic carbocycles. The van der Waals surface area contributed by atoms with Gasteiger partial charge in [0.05, 0.1) is 18.2 Å². The molecule has 1 aromatic heterocycles. The van der Waals surface area contributed by atoms with Gasteiger partial charge >= 0.3 is 0 Å². The van der Waals surface area contributed by atoms with Gasteiger partial charge < -0.3 is 15.2 Å². The topological polar surface area (TPSA) is 47.1 Å². The van der Waals surface area contributed by atoms with Crippen molar-refractivity contribution in [3.8, 4) is 5.69 Å². The lowest BCUT2D eigenvalue weighted by molar-refractivity contribution is 0.752. The van der Waals surface area contributed by atoms with Gasteiger partial charge in [-0.2, -0.15) is 0 Å². The Bertz CT molecular complexity index is 482. The van der Waals surface area contributed by atoms with E-state index < -0.39 is 0 Å².